The maximum Gasteiger partial charge on any atom is 0.0307 e. The van der Waals surface area contributed by atoms with Crippen molar-refractivity contribution < 1.29 is 0 Å². The van der Waals surface area contributed by atoms with Crippen molar-refractivity contribution in [3.05, 3.63) is 30.3 Å². The SMILES string of the molecule is NNC(CSc1ccccc1)CC1CCC1. The highest BCUT2D eigenvalue weighted by Gasteiger charge is 2.21. The summed E-state index contributed by atoms with van der Waals surface area (Å²) in [6.07, 6.45) is 5.44. The smallest absolute Gasteiger partial charge is 0.0307 e. The van der Waals surface area contributed by atoms with Crippen LogP contribution in [0.1, 0.15) is 25.7 Å². The first-order valence-electron chi connectivity index (χ1n) is 6.02. The van der Waals surface area contributed by atoms with Gasteiger partial charge in [-0.2, -0.15) is 0 Å². The van der Waals surface area contributed by atoms with Gasteiger partial charge in [0.2, 0.25) is 0 Å². The van der Waals surface area contributed by atoms with Gasteiger partial charge < -0.3 is 0 Å². The molecule has 16 heavy (non-hydrogen) atoms. The van der Waals surface area contributed by atoms with Gasteiger partial charge in [0.1, 0.15) is 0 Å². The van der Waals surface area contributed by atoms with Crippen molar-refractivity contribution in [2.75, 3.05) is 5.75 Å². The Hall–Kier alpha value is -0.510. The van der Waals surface area contributed by atoms with Gasteiger partial charge in [0.15, 0.2) is 0 Å². The molecule has 0 radical (unpaired) electrons. The maximum atomic E-state index is 5.60. The molecule has 3 N–H and O–H groups in total. The van der Waals surface area contributed by atoms with Crippen LogP contribution < -0.4 is 11.3 Å². The largest absolute Gasteiger partial charge is 0.271 e. The normalized spacial score (nSPS) is 18.1. The van der Waals surface area contributed by atoms with Gasteiger partial charge in [0, 0.05) is 16.7 Å². The molecule has 0 spiro atoms. The van der Waals surface area contributed by atoms with E-state index in [1.54, 1.807) is 0 Å². The summed E-state index contributed by atoms with van der Waals surface area (Å²) in [4.78, 5) is 1.33. The zero-order valence-electron chi connectivity index (χ0n) is 9.56. The van der Waals surface area contributed by atoms with E-state index in [0.29, 0.717) is 6.04 Å². The van der Waals surface area contributed by atoms with Crippen molar-refractivity contribution >= 4 is 11.8 Å². The number of thioether (sulfide) groups is 1. The van der Waals surface area contributed by atoms with E-state index in [9.17, 15) is 0 Å². The molecule has 1 aliphatic rings. The summed E-state index contributed by atoms with van der Waals surface area (Å²) in [7, 11) is 0. The molecule has 3 heteroatoms. The number of nitrogens with one attached hydrogen (secondary N) is 1. The minimum absolute atomic E-state index is 0.454. The molecule has 88 valence electrons. The van der Waals surface area contributed by atoms with Gasteiger partial charge in [-0.3, -0.25) is 11.3 Å². The Kier molecular flexibility index (Phi) is 4.69. The molecular weight excluding hydrogens is 216 g/mol. The number of benzene rings is 1. The van der Waals surface area contributed by atoms with Gasteiger partial charge in [-0.25, -0.2) is 0 Å². The van der Waals surface area contributed by atoms with E-state index in [-0.39, 0.29) is 0 Å². The van der Waals surface area contributed by atoms with E-state index >= 15 is 0 Å². The first kappa shape index (κ1) is 12.0. The van der Waals surface area contributed by atoms with Crippen LogP contribution in [0.3, 0.4) is 0 Å². The lowest BCUT2D eigenvalue weighted by Crippen LogP contribution is -2.39. The van der Waals surface area contributed by atoms with Crippen molar-refractivity contribution in [2.45, 2.75) is 36.6 Å². The van der Waals surface area contributed by atoms with Crippen LogP contribution in [-0.4, -0.2) is 11.8 Å². The fourth-order valence-electron chi connectivity index (χ4n) is 2.03. The van der Waals surface area contributed by atoms with Crippen LogP contribution in [0.5, 0.6) is 0 Å². The topological polar surface area (TPSA) is 38.0 Å². The molecule has 0 bridgehead atoms. The Morgan fingerprint density at radius 2 is 2.06 bits per heavy atom. The Balaban J connectivity index is 1.73. The van der Waals surface area contributed by atoms with Crippen LogP contribution in [-0.2, 0) is 0 Å². The van der Waals surface area contributed by atoms with E-state index in [1.807, 2.05) is 11.8 Å². The molecule has 0 aromatic heterocycles. The number of hydrogen-bond donors (Lipinski definition) is 2. The molecule has 0 saturated heterocycles. The molecule has 1 saturated carbocycles. The fourth-order valence-corrected chi connectivity index (χ4v) is 3.00. The second-order valence-electron chi connectivity index (χ2n) is 4.52. The third-order valence-electron chi connectivity index (χ3n) is 3.27. The van der Waals surface area contributed by atoms with Crippen molar-refractivity contribution in [2.24, 2.45) is 11.8 Å². The van der Waals surface area contributed by atoms with Crippen LogP contribution >= 0.6 is 11.8 Å². The van der Waals surface area contributed by atoms with Crippen LogP contribution in [0, 0.1) is 5.92 Å². The summed E-state index contributed by atoms with van der Waals surface area (Å²) < 4.78 is 0. The summed E-state index contributed by atoms with van der Waals surface area (Å²) >= 11 is 1.89. The summed E-state index contributed by atoms with van der Waals surface area (Å²) in [5.41, 5.74) is 2.95. The van der Waals surface area contributed by atoms with Crippen LogP contribution in [0.15, 0.2) is 35.2 Å². The van der Waals surface area contributed by atoms with Gasteiger partial charge in [-0.1, -0.05) is 37.5 Å². The van der Waals surface area contributed by atoms with Crippen LogP contribution in [0.2, 0.25) is 0 Å². The molecule has 1 aromatic carbocycles. The molecule has 1 aliphatic carbocycles. The van der Waals surface area contributed by atoms with Gasteiger partial charge >= 0.3 is 0 Å². The average Bonchev–Trinajstić information content (AvgIpc) is 2.28. The van der Waals surface area contributed by atoms with E-state index in [0.717, 1.165) is 11.7 Å². The maximum absolute atomic E-state index is 5.60. The molecule has 1 atom stereocenters. The molecule has 0 amide bonds. The summed E-state index contributed by atoms with van der Waals surface area (Å²) in [6.45, 7) is 0. The first-order chi connectivity index (χ1) is 7.88. The number of hydrogen-bond acceptors (Lipinski definition) is 3. The van der Waals surface area contributed by atoms with Gasteiger partial charge in [-0.15, -0.1) is 11.8 Å². The monoisotopic (exact) mass is 236 g/mol. The van der Waals surface area contributed by atoms with Crippen molar-refractivity contribution in [1.29, 1.82) is 0 Å². The number of hydrazine groups is 1. The highest BCUT2D eigenvalue weighted by Crippen LogP contribution is 2.31. The molecule has 1 unspecified atom stereocenters. The van der Waals surface area contributed by atoms with Gasteiger partial charge in [0.25, 0.3) is 0 Å². The molecule has 1 aromatic rings. The lowest BCUT2D eigenvalue weighted by atomic mass is 9.81. The fraction of sp³-hybridized carbons (Fsp3) is 0.538. The molecule has 0 aliphatic heterocycles. The molecule has 2 rings (SSSR count). The van der Waals surface area contributed by atoms with E-state index in [4.69, 9.17) is 5.84 Å². The Morgan fingerprint density at radius 1 is 1.31 bits per heavy atom. The van der Waals surface area contributed by atoms with Crippen LogP contribution in [0.4, 0.5) is 0 Å². The van der Waals surface area contributed by atoms with Crippen molar-refractivity contribution in [3.8, 4) is 0 Å². The third-order valence-corrected chi connectivity index (χ3v) is 4.45. The lowest BCUT2D eigenvalue weighted by Gasteiger charge is -2.29. The third kappa shape index (κ3) is 3.51. The molecule has 1 fully saturated rings. The molecule has 0 heterocycles. The molecular formula is C13H20N2S. The standard InChI is InChI=1S/C13H20N2S/c14-15-12(9-11-5-4-6-11)10-16-13-7-2-1-3-8-13/h1-3,7-8,11-12,15H,4-6,9-10,14H2. The van der Waals surface area contributed by atoms with E-state index in [2.05, 4.69) is 35.8 Å². The summed E-state index contributed by atoms with van der Waals surface area (Å²) in [5.74, 6) is 7.58. The number of nitrogens with two attached hydrogens (primary N) is 1. The summed E-state index contributed by atoms with van der Waals surface area (Å²) in [5, 5.41) is 0. The first-order valence-corrected chi connectivity index (χ1v) is 7.01. The zero-order valence-corrected chi connectivity index (χ0v) is 10.4. The van der Waals surface area contributed by atoms with E-state index in [1.165, 1.54) is 30.6 Å². The molecule has 2 nitrogen and oxygen atoms in total. The second-order valence-corrected chi connectivity index (χ2v) is 5.61. The zero-order chi connectivity index (χ0) is 11.2. The number of rotatable bonds is 6. The van der Waals surface area contributed by atoms with Crippen LogP contribution in [0.25, 0.3) is 0 Å². The Bertz CT molecular complexity index is 298. The van der Waals surface area contributed by atoms with Crippen molar-refractivity contribution in [1.82, 2.24) is 5.43 Å². The highest BCUT2D eigenvalue weighted by molar-refractivity contribution is 7.99. The quantitative estimate of drug-likeness (QED) is 0.453. The Labute approximate surface area is 102 Å². The highest BCUT2D eigenvalue weighted by atomic mass is 32.2. The lowest BCUT2D eigenvalue weighted by molar-refractivity contribution is 0.268. The minimum Gasteiger partial charge on any atom is -0.271 e. The van der Waals surface area contributed by atoms with E-state index < -0.39 is 0 Å². The Morgan fingerprint density at radius 3 is 2.62 bits per heavy atom. The summed E-state index contributed by atoms with van der Waals surface area (Å²) in [6, 6.07) is 11.0. The van der Waals surface area contributed by atoms with Crippen molar-refractivity contribution in [3.63, 3.8) is 0 Å². The van der Waals surface area contributed by atoms with Gasteiger partial charge in [-0.05, 0) is 24.5 Å². The second kappa shape index (κ2) is 6.28. The van der Waals surface area contributed by atoms with Gasteiger partial charge in [0.05, 0.1) is 0 Å². The predicted octanol–water partition coefficient (Wildman–Crippen LogP) is 2.80. The predicted molar refractivity (Wildman–Crippen MR) is 70.2 cm³/mol. The average molecular weight is 236 g/mol. The minimum atomic E-state index is 0.454.